The molecule has 0 saturated heterocycles. The Morgan fingerprint density at radius 2 is 2.20 bits per heavy atom. The van der Waals surface area contributed by atoms with E-state index in [0.29, 0.717) is 0 Å². The van der Waals surface area contributed by atoms with E-state index in [1.807, 2.05) is 38.2 Å². The van der Waals surface area contributed by atoms with E-state index in [1.165, 1.54) is 0 Å². The van der Waals surface area contributed by atoms with Gasteiger partial charge < -0.3 is 5.73 Å². The number of nitrogens with two attached hydrogens (primary N) is 1. The molecule has 2 heterocycles. The van der Waals surface area contributed by atoms with Gasteiger partial charge in [0.25, 0.3) is 0 Å². The molecule has 2 rings (SSSR count). The van der Waals surface area contributed by atoms with Crippen molar-refractivity contribution in [3.63, 3.8) is 0 Å². The van der Waals surface area contributed by atoms with Crippen LogP contribution >= 0.6 is 0 Å². The van der Waals surface area contributed by atoms with Crippen LogP contribution in [0.3, 0.4) is 0 Å². The molecule has 0 amide bonds. The lowest BCUT2D eigenvalue weighted by Gasteiger charge is -2.10. The number of rotatable bonds is 2. The van der Waals surface area contributed by atoms with Crippen molar-refractivity contribution >= 4 is 0 Å². The van der Waals surface area contributed by atoms with Crippen LogP contribution in [0, 0.1) is 6.92 Å². The van der Waals surface area contributed by atoms with E-state index < -0.39 is 0 Å². The van der Waals surface area contributed by atoms with Gasteiger partial charge in [0.2, 0.25) is 0 Å². The zero-order valence-electron chi connectivity index (χ0n) is 8.88. The van der Waals surface area contributed by atoms with Gasteiger partial charge in [-0.05, 0) is 26.0 Å². The zero-order chi connectivity index (χ0) is 10.8. The van der Waals surface area contributed by atoms with Gasteiger partial charge in [0.05, 0.1) is 5.69 Å². The molecule has 0 saturated carbocycles. The predicted molar refractivity (Wildman–Crippen MR) is 58.7 cm³/mol. The standard InChI is InChI=1S/C11H14N4/c1-8-5-7-15(14-8)11-10(9(2)12)4-3-6-13-11/h3-7,9H,12H2,1-2H3. The van der Waals surface area contributed by atoms with Gasteiger partial charge in [0.15, 0.2) is 5.82 Å². The molecule has 0 radical (unpaired) electrons. The van der Waals surface area contributed by atoms with Gasteiger partial charge in [-0.2, -0.15) is 5.10 Å². The van der Waals surface area contributed by atoms with Gasteiger partial charge in [-0.1, -0.05) is 6.07 Å². The first-order valence-corrected chi connectivity index (χ1v) is 4.91. The number of aryl methyl sites for hydroxylation is 1. The second-order valence-corrected chi connectivity index (χ2v) is 3.61. The molecule has 0 fully saturated rings. The van der Waals surface area contributed by atoms with Crippen molar-refractivity contribution in [3.8, 4) is 5.82 Å². The average Bonchev–Trinajstić information content (AvgIpc) is 2.65. The minimum absolute atomic E-state index is 0.0433. The largest absolute Gasteiger partial charge is 0.324 e. The Morgan fingerprint density at radius 1 is 1.40 bits per heavy atom. The lowest BCUT2D eigenvalue weighted by atomic mass is 10.1. The van der Waals surface area contributed by atoms with Gasteiger partial charge in [-0.25, -0.2) is 9.67 Å². The number of hydrogen-bond acceptors (Lipinski definition) is 3. The molecule has 0 aliphatic carbocycles. The molecule has 0 aliphatic rings. The first-order valence-electron chi connectivity index (χ1n) is 4.91. The van der Waals surface area contributed by atoms with Crippen LogP contribution in [-0.2, 0) is 0 Å². The van der Waals surface area contributed by atoms with Crippen molar-refractivity contribution in [3.05, 3.63) is 41.9 Å². The van der Waals surface area contributed by atoms with Crippen molar-refractivity contribution in [2.75, 3.05) is 0 Å². The lowest BCUT2D eigenvalue weighted by Crippen LogP contribution is -2.11. The first kappa shape index (κ1) is 9.86. The molecule has 15 heavy (non-hydrogen) atoms. The number of aromatic nitrogens is 3. The van der Waals surface area contributed by atoms with Gasteiger partial charge in [-0.15, -0.1) is 0 Å². The van der Waals surface area contributed by atoms with E-state index in [9.17, 15) is 0 Å². The molecule has 2 aromatic rings. The number of pyridine rings is 1. The van der Waals surface area contributed by atoms with E-state index in [1.54, 1.807) is 10.9 Å². The molecule has 1 unspecified atom stereocenters. The van der Waals surface area contributed by atoms with Crippen LogP contribution in [0.1, 0.15) is 24.2 Å². The summed E-state index contributed by atoms with van der Waals surface area (Å²) in [7, 11) is 0. The molecule has 0 spiro atoms. The highest BCUT2D eigenvalue weighted by molar-refractivity contribution is 5.35. The molecule has 4 nitrogen and oxygen atoms in total. The fourth-order valence-corrected chi connectivity index (χ4v) is 1.49. The predicted octanol–water partition coefficient (Wildman–Crippen LogP) is 1.60. The fourth-order valence-electron chi connectivity index (χ4n) is 1.49. The summed E-state index contributed by atoms with van der Waals surface area (Å²) in [5.41, 5.74) is 7.85. The van der Waals surface area contributed by atoms with Crippen molar-refractivity contribution in [2.24, 2.45) is 5.73 Å². The zero-order valence-corrected chi connectivity index (χ0v) is 8.88. The highest BCUT2D eigenvalue weighted by Crippen LogP contribution is 2.16. The SMILES string of the molecule is Cc1ccn(-c2ncccc2C(C)N)n1. The van der Waals surface area contributed by atoms with E-state index in [4.69, 9.17) is 5.73 Å². The smallest absolute Gasteiger partial charge is 0.158 e. The molecular formula is C11H14N4. The summed E-state index contributed by atoms with van der Waals surface area (Å²) in [6.07, 6.45) is 3.64. The summed E-state index contributed by atoms with van der Waals surface area (Å²) in [5, 5.41) is 4.32. The third-order valence-corrected chi connectivity index (χ3v) is 2.25. The van der Waals surface area contributed by atoms with Gasteiger partial charge >= 0.3 is 0 Å². The van der Waals surface area contributed by atoms with Crippen LogP contribution in [0.4, 0.5) is 0 Å². The Morgan fingerprint density at radius 3 is 2.80 bits per heavy atom. The summed E-state index contributed by atoms with van der Waals surface area (Å²) in [6, 6.07) is 5.76. The summed E-state index contributed by atoms with van der Waals surface area (Å²) < 4.78 is 1.76. The topological polar surface area (TPSA) is 56.7 Å². The maximum absolute atomic E-state index is 5.88. The second-order valence-electron chi connectivity index (χ2n) is 3.61. The first-order chi connectivity index (χ1) is 7.18. The summed E-state index contributed by atoms with van der Waals surface area (Å²) >= 11 is 0. The Labute approximate surface area is 88.8 Å². The van der Waals surface area contributed by atoms with Crippen LogP contribution < -0.4 is 5.73 Å². The molecule has 2 N–H and O–H groups in total. The number of hydrogen-bond donors (Lipinski definition) is 1. The van der Waals surface area contributed by atoms with Crippen LogP contribution in [0.5, 0.6) is 0 Å². The summed E-state index contributed by atoms with van der Waals surface area (Å²) in [4.78, 5) is 4.30. The molecule has 4 heteroatoms. The third kappa shape index (κ3) is 1.89. The second kappa shape index (κ2) is 3.82. The quantitative estimate of drug-likeness (QED) is 0.804. The molecule has 0 aromatic carbocycles. The monoisotopic (exact) mass is 202 g/mol. The minimum atomic E-state index is -0.0433. The Kier molecular flexibility index (Phi) is 2.51. The summed E-state index contributed by atoms with van der Waals surface area (Å²) in [6.45, 7) is 3.89. The van der Waals surface area contributed by atoms with Crippen molar-refractivity contribution in [1.29, 1.82) is 0 Å². The maximum Gasteiger partial charge on any atom is 0.158 e. The third-order valence-electron chi connectivity index (χ3n) is 2.25. The highest BCUT2D eigenvalue weighted by Gasteiger charge is 2.09. The van der Waals surface area contributed by atoms with Crippen molar-refractivity contribution in [1.82, 2.24) is 14.8 Å². The highest BCUT2D eigenvalue weighted by atomic mass is 15.3. The number of nitrogens with zero attached hydrogens (tertiary/aromatic N) is 3. The molecule has 2 aromatic heterocycles. The van der Waals surface area contributed by atoms with E-state index >= 15 is 0 Å². The van der Waals surface area contributed by atoms with Gasteiger partial charge in [0.1, 0.15) is 0 Å². The maximum atomic E-state index is 5.88. The van der Waals surface area contributed by atoms with E-state index in [2.05, 4.69) is 10.1 Å². The van der Waals surface area contributed by atoms with Crippen LogP contribution in [0.2, 0.25) is 0 Å². The van der Waals surface area contributed by atoms with Gasteiger partial charge in [0, 0.05) is 24.0 Å². The van der Waals surface area contributed by atoms with Crippen LogP contribution in [0.15, 0.2) is 30.6 Å². The van der Waals surface area contributed by atoms with E-state index in [0.717, 1.165) is 17.1 Å². The molecular weight excluding hydrogens is 188 g/mol. The van der Waals surface area contributed by atoms with Crippen LogP contribution in [-0.4, -0.2) is 14.8 Å². The van der Waals surface area contributed by atoms with E-state index in [-0.39, 0.29) is 6.04 Å². The molecule has 78 valence electrons. The Bertz CT molecular complexity index is 459. The minimum Gasteiger partial charge on any atom is -0.324 e. The fraction of sp³-hybridized carbons (Fsp3) is 0.273. The van der Waals surface area contributed by atoms with Crippen LogP contribution in [0.25, 0.3) is 5.82 Å². The summed E-state index contributed by atoms with van der Waals surface area (Å²) in [5.74, 6) is 0.806. The normalized spacial score (nSPS) is 12.7. The molecule has 0 aliphatic heterocycles. The van der Waals surface area contributed by atoms with Crippen molar-refractivity contribution in [2.45, 2.75) is 19.9 Å². The molecule has 1 atom stereocenters. The lowest BCUT2D eigenvalue weighted by molar-refractivity contribution is 0.757. The molecule has 0 bridgehead atoms. The Hall–Kier alpha value is -1.68. The van der Waals surface area contributed by atoms with Gasteiger partial charge in [-0.3, -0.25) is 0 Å². The average molecular weight is 202 g/mol. The Balaban J connectivity index is 2.52. The van der Waals surface area contributed by atoms with Crippen molar-refractivity contribution < 1.29 is 0 Å².